The highest BCUT2D eigenvalue weighted by Gasteiger charge is 2.50. The second-order valence-corrected chi connectivity index (χ2v) is 11.0. The third kappa shape index (κ3) is 4.67. The van der Waals surface area contributed by atoms with Crippen molar-refractivity contribution in [2.75, 3.05) is 44.9 Å². The van der Waals surface area contributed by atoms with Crippen molar-refractivity contribution in [1.82, 2.24) is 9.80 Å². The van der Waals surface area contributed by atoms with E-state index in [-0.39, 0.29) is 42.1 Å². The van der Waals surface area contributed by atoms with Gasteiger partial charge in [-0.3, -0.25) is 4.90 Å². The van der Waals surface area contributed by atoms with Crippen LogP contribution in [-0.4, -0.2) is 86.2 Å². The van der Waals surface area contributed by atoms with Gasteiger partial charge in [-0.2, -0.15) is 0 Å². The first-order valence-electron chi connectivity index (χ1n) is 13.3. The molecule has 4 aliphatic heterocycles. The van der Waals surface area contributed by atoms with Gasteiger partial charge in [-0.05, 0) is 89.2 Å². The van der Waals surface area contributed by atoms with E-state index >= 15 is 0 Å². The van der Waals surface area contributed by atoms with Crippen molar-refractivity contribution in [3.63, 3.8) is 0 Å². The molecule has 2 amide bonds. The predicted octanol–water partition coefficient (Wildman–Crippen LogP) is 4.30. The van der Waals surface area contributed by atoms with Gasteiger partial charge in [0.1, 0.15) is 12.4 Å². The number of methoxy groups -OCH3 is 1. The summed E-state index contributed by atoms with van der Waals surface area (Å²) in [6, 6.07) is 5.64. The highest BCUT2D eigenvalue weighted by Crippen LogP contribution is 2.48. The molecule has 0 aromatic heterocycles. The van der Waals surface area contributed by atoms with Crippen LogP contribution in [0, 0.1) is 5.82 Å². The van der Waals surface area contributed by atoms with Gasteiger partial charge in [-0.1, -0.05) is 0 Å². The highest BCUT2D eigenvalue weighted by molar-refractivity contribution is 5.91. The highest BCUT2D eigenvalue weighted by atomic mass is 19.1. The third-order valence-electron chi connectivity index (χ3n) is 8.54. The molecular formula is C27H38FN3O5. The van der Waals surface area contributed by atoms with E-state index in [0.717, 1.165) is 62.9 Å². The number of piperidine rings is 2. The van der Waals surface area contributed by atoms with Gasteiger partial charge in [0.25, 0.3) is 0 Å². The van der Waals surface area contributed by atoms with Crippen LogP contribution in [0.2, 0.25) is 0 Å². The lowest BCUT2D eigenvalue weighted by atomic mass is 9.73. The number of ether oxygens (including phenoxy) is 3. The smallest absolute Gasteiger partial charge is 0.414 e. The standard InChI is InChI=1S/C27H38FN3O5/c1-18(2)36-26(33)31-20-5-6-21(31)16-22(15-20)29-10-8-27(9-11-29)17-30(25(32)35-13-12-34-3)24-7-4-19(28)14-23(24)27/h4,7,14,18,20-22H,5-6,8-13,15-17H2,1-3H3. The van der Waals surface area contributed by atoms with E-state index in [9.17, 15) is 14.0 Å². The van der Waals surface area contributed by atoms with Crippen LogP contribution in [0.25, 0.3) is 0 Å². The van der Waals surface area contributed by atoms with Crippen LogP contribution in [0.1, 0.15) is 57.9 Å². The summed E-state index contributed by atoms with van der Waals surface area (Å²) in [5.41, 5.74) is 1.40. The number of fused-ring (bicyclic) bond motifs is 4. The molecule has 2 bridgehead atoms. The quantitative estimate of drug-likeness (QED) is 0.558. The van der Waals surface area contributed by atoms with Gasteiger partial charge < -0.3 is 24.0 Å². The lowest BCUT2D eigenvalue weighted by Gasteiger charge is -2.47. The zero-order chi connectivity index (χ0) is 25.4. The van der Waals surface area contributed by atoms with Crippen LogP contribution < -0.4 is 4.90 Å². The fraction of sp³-hybridized carbons (Fsp3) is 0.704. The molecule has 1 aromatic carbocycles. The van der Waals surface area contributed by atoms with E-state index in [1.165, 1.54) is 6.07 Å². The van der Waals surface area contributed by atoms with Crippen molar-refractivity contribution in [2.45, 2.75) is 82.0 Å². The van der Waals surface area contributed by atoms with Crippen LogP contribution >= 0.6 is 0 Å². The van der Waals surface area contributed by atoms with E-state index in [2.05, 4.69) is 4.90 Å². The fourth-order valence-electron chi connectivity index (χ4n) is 6.85. The zero-order valence-electron chi connectivity index (χ0n) is 21.6. The van der Waals surface area contributed by atoms with Crippen LogP contribution in [0.4, 0.5) is 19.7 Å². The number of amides is 2. The van der Waals surface area contributed by atoms with Crippen LogP contribution in [0.15, 0.2) is 18.2 Å². The molecule has 2 atom stereocenters. The Balaban J connectivity index is 1.25. The Labute approximate surface area is 212 Å². The van der Waals surface area contributed by atoms with Crippen LogP contribution in [-0.2, 0) is 19.6 Å². The summed E-state index contributed by atoms with van der Waals surface area (Å²) in [4.78, 5) is 31.7. The lowest BCUT2D eigenvalue weighted by Crippen LogP contribution is -2.55. The van der Waals surface area contributed by atoms with Gasteiger partial charge in [0.15, 0.2) is 0 Å². The topological polar surface area (TPSA) is 71.6 Å². The van der Waals surface area contributed by atoms with Gasteiger partial charge in [0.05, 0.1) is 18.4 Å². The van der Waals surface area contributed by atoms with Gasteiger partial charge in [-0.25, -0.2) is 14.0 Å². The van der Waals surface area contributed by atoms with E-state index in [4.69, 9.17) is 14.2 Å². The summed E-state index contributed by atoms with van der Waals surface area (Å²) in [5, 5.41) is 0. The third-order valence-corrected chi connectivity index (χ3v) is 8.54. The first kappa shape index (κ1) is 25.3. The Morgan fingerprint density at radius 1 is 1.06 bits per heavy atom. The molecule has 1 aromatic rings. The molecule has 0 radical (unpaired) electrons. The SMILES string of the molecule is COCCOC(=O)N1CC2(CCN(C3CC4CCC(C3)N4C(=O)OC(C)C)CC2)c2cc(F)ccc21. The molecular weight excluding hydrogens is 465 g/mol. The summed E-state index contributed by atoms with van der Waals surface area (Å²) >= 11 is 0. The number of likely N-dealkylation sites (tertiary alicyclic amines) is 1. The lowest BCUT2D eigenvalue weighted by molar-refractivity contribution is 0.0175. The second kappa shape index (κ2) is 10.2. The molecule has 198 valence electrons. The molecule has 1 spiro atoms. The minimum atomic E-state index is -0.406. The number of benzene rings is 1. The average molecular weight is 504 g/mol. The van der Waals surface area contributed by atoms with E-state index in [1.54, 1.807) is 24.1 Å². The molecule has 0 N–H and O–H groups in total. The molecule has 9 heteroatoms. The molecule has 8 nitrogen and oxygen atoms in total. The van der Waals surface area contributed by atoms with Crippen molar-refractivity contribution in [2.24, 2.45) is 0 Å². The molecule has 3 saturated heterocycles. The van der Waals surface area contributed by atoms with Crippen molar-refractivity contribution in [1.29, 1.82) is 0 Å². The maximum atomic E-state index is 14.3. The van der Waals surface area contributed by atoms with Gasteiger partial charge in [0, 0.05) is 37.2 Å². The average Bonchev–Trinajstić information content (AvgIpc) is 3.30. The molecule has 2 unspecified atom stereocenters. The number of carbonyl (C=O) groups excluding carboxylic acids is 2. The normalized spacial score (nSPS) is 27.0. The van der Waals surface area contributed by atoms with Gasteiger partial charge in [-0.15, -0.1) is 0 Å². The van der Waals surface area contributed by atoms with Gasteiger partial charge in [0.2, 0.25) is 0 Å². The van der Waals surface area contributed by atoms with Crippen LogP contribution in [0.3, 0.4) is 0 Å². The van der Waals surface area contributed by atoms with Crippen LogP contribution in [0.5, 0.6) is 0 Å². The first-order chi connectivity index (χ1) is 17.3. The number of carbonyl (C=O) groups is 2. The number of nitrogens with zero attached hydrogens (tertiary/aromatic N) is 3. The van der Waals surface area contributed by atoms with E-state index < -0.39 is 6.09 Å². The van der Waals surface area contributed by atoms with Crippen molar-refractivity contribution >= 4 is 17.9 Å². The molecule has 4 aliphatic rings. The van der Waals surface area contributed by atoms with Gasteiger partial charge >= 0.3 is 12.2 Å². The number of hydrogen-bond acceptors (Lipinski definition) is 6. The van der Waals surface area contributed by atoms with Crippen molar-refractivity contribution in [3.05, 3.63) is 29.6 Å². The van der Waals surface area contributed by atoms with E-state index in [1.807, 2.05) is 18.7 Å². The monoisotopic (exact) mass is 503 g/mol. The maximum absolute atomic E-state index is 14.3. The molecule has 3 fully saturated rings. The fourth-order valence-corrected chi connectivity index (χ4v) is 6.85. The predicted molar refractivity (Wildman–Crippen MR) is 133 cm³/mol. The van der Waals surface area contributed by atoms with Crippen molar-refractivity contribution < 1.29 is 28.2 Å². The number of hydrogen-bond donors (Lipinski definition) is 0. The Bertz CT molecular complexity index is 966. The number of rotatable bonds is 5. The molecule has 4 heterocycles. The minimum absolute atomic E-state index is 0.108. The molecule has 5 rings (SSSR count). The number of anilines is 1. The van der Waals surface area contributed by atoms with Crippen molar-refractivity contribution in [3.8, 4) is 0 Å². The Hall–Kier alpha value is -2.39. The summed E-state index contributed by atoms with van der Waals surface area (Å²) in [7, 11) is 1.57. The first-order valence-corrected chi connectivity index (χ1v) is 13.3. The summed E-state index contributed by atoms with van der Waals surface area (Å²) < 4.78 is 30.2. The summed E-state index contributed by atoms with van der Waals surface area (Å²) in [6.07, 6.45) is 5.06. The Morgan fingerprint density at radius 3 is 2.39 bits per heavy atom. The molecule has 0 saturated carbocycles. The summed E-state index contributed by atoms with van der Waals surface area (Å²) in [6.45, 7) is 6.61. The Morgan fingerprint density at radius 2 is 1.75 bits per heavy atom. The minimum Gasteiger partial charge on any atom is -0.447 e. The molecule has 0 aliphatic carbocycles. The van der Waals surface area contributed by atoms with E-state index in [0.29, 0.717) is 19.2 Å². The Kier molecular flexibility index (Phi) is 7.14. The maximum Gasteiger partial charge on any atom is 0.414 e. The summed E-state index contributed by atoms with van der Waals surface area (Å²) in [5.74, 6) is -0.276. The zero-order valence-corrected chi connectivity index (χ0v) is 21.6. The number of halogens is 1. The second-order valence-electron chi connectivity index (χ2n) is 11.0. The molecule has 36 heavy (non-hydrogen) atoms. The largest absolute Gasteiger partial charge is 0.447 e.